The summed E-state index contributed by atoms with van der Waals surface area (Å²) in [7, 11) is 0. The van der Waals surface area contributed by atoms with E-state index in [1.165, 1.54) is 11.1 Å². The largest absolute Gasteiger partial charge is 0.238 e. The molecule has 0 radical (unpaired) electrons. The van der Waals surface area contributed by atoms with E-state index < -0.39 is 0 Å². The molecule has 4 nitrogen and oxygen atoms in total. The summed E-state index contributed by atoms with van der Waals surface area (Å²) in [5, 5.41) is 0. The molecule has 47 heavy (non-hydrogen) atoms. The van der Waals surface area contributed by atoms with Gasteiger partial charge in [-0.05, 0) is 56.6 Å². The summed E-state index contributed by atoms with van der Waals surface area (Å²) in [6.45, 7) is 12.3. The molecule has 0 saturated carbocycles. The maximum atomic E-state index is 7.81. The summed E-state index contributed by atoms with van der Waals surface area (Å²) in [4.78, 5) is 18.5. The summed E-state index contributed by atoms with van der Waals surface area (Å²) in [5.74, 6) is 1.93. The highest BCUT2D eigenvalue weighted by Gasteiger charge is 2.36. The summed E-state index contributed by atoms with van der Waals surface area (Å²) in [6, 6.07) is 49.9. The van der Waals surface area contributed by atoms with Crippen LogP contribution in [0.2, 0.25) is 0 Å². The molecular weight excluding hydrogens is 573 g/mol. The van der Waals surface area contributed by atoms with Gasteiger partial charge in [0.05, 0.1) is 6.57 Å². The second-order valence-corrected chi connectivity index (χ2v) is 12.4. The van der Waals surface area contributed by atoms with Crippen LogP contribution in [0.1, 0.15) is 25.0 Å². The lowest BCUT2D eigenvalue weighted by Gasteiger charge is -2.21. The van der Waals surface area contributed by atoms with E-state index in [4.69, 9.17) is 21.5 Å². The minimum Gasteiger partial charge on any atom is -0.238 e. The summed E-state index contributed by atoms with van der Waals surface area (Å²) >= 11 is 0. The molecular formula is C43H30N4. The molecule has 1 heterocycles. The normalized spacial score (nSPS) is 12.6. The minimum atomic E-state index is -0.143. The van der Waals surface area contributed by atoms with Gasteiger partial charge in [-0.1, -0.05) is 147 Å². The molecule has 0 amide bonds. The number of benzene rings is 6. The van der Waals surface area contributed by atoms with Crippen LogP contribution >= 0.6 is 0 Å². The van der Waals surface area contributed by atoms with Crippen molar-refractivity contribution in [1.29, 1.82) is 0 Å². The lowest BCUT2D eigenvalue weighted by molar-refractivity contribution is 0.660. The summed E-state index contributed by atoms with van der Waals surface area (Å²) in [5.41, 5.74) is 12.6. The molecule has 0 spiro atoms. The molecule has 0 fully saturated rings. The fourth-order valence-electron chi connectivity index (χ4n) is 6.69. The highest BCUT2D eigenvalue weighted by molar-refractivity contribution is 5.92. The average Bonchev–Trinajstić information content (AvgIpc) is 3.38. The van der Waals surface area contributed by atoms with Gasteiger partial charge in [-0.2, -0.15) is 0 Å². The Kier molecular flexibility index (Phi) is 6.82. The van der Waals surface area contributed by atoms with Crippen LogP contribution in [-0.4, -0.2) is 15.0 Å². The molecule has 0 saturated heterocycles. The van der Waals surface area contributed by atoms with Crippen LogP contribution in [-0.2, 0) is 5.41 Å². The summed E-state index contributed by atoms with van der Waals surface area (Å²) in [6.07, 6.45) is 0. The predicted octanol–water partition coefficient (Wildman–Crippen LogP) is 11.1. The third-order valence-corrected chi connectivity index (χ3v) is 9.17. The Balaban J connectivity index is 1.15. The van der Waals surface area contributed by atoms with Gasteiger partial charge in [0, 0.05) is 22.1 Å². The Morgan fingerprint density at radius 2 is 0.915 bits per heavy atom. The maximum Gasteiger partial charge on any atom is 0.195 e. The molecule has 1 aliphatic carbocycles. The van der Waals surface area contributed by atoms with Crippen LogP contribution in [0.3, 0.4) is 0 Å². The Morgan fingerprint density at radius 1 is 0.447 bits per heavy atom. The van der Waals surface area contributed by atoms with Crippen molar-refractivity contribution in [2.75, 3.05) is 0 Å². The van der Waals surface area contributed by atoms with Crippen LogP contribution in [0.5, 0.6) is 0 Å². The zero-order valence-electron chi connectivity index (χ0n) is 26.1. The number of aromatic nitrogens is 3. The van der Waals surface area contributed by atoms with Gasteiger partial charge in [-0.15, -0.1) is 0 Å². The predicted molar refractivity (Wildman–Crippen MR) is 191 cm³/mol. The van der Waals surface area contributed by atoms with Gasteiger partial charge in [0.2, 0.25) is 0 Å². The van der Waals surface area contributed by atoms with E-state index >= 15 is 0 Å². The van der Waals surface area contributed by atoms with E-state index in [0.717, 1.165) is 50.1 Å². The van der Waals surface area contributed by atoms with Crippen molar-refractivity contribution in [2.24, 2.45) is 0 Å². The van der Waals surface area contributed by atoms with Gasteiger partial charge < -0.3 is 0 Å². The van der Waals surface area contributed by atoms with Crippen LogP contribution < -0.4 is 0 Å². The molecule has 0 bridgehead atoms. The number of rotatable bonds is 5. The van der Waals surface area contributed by atoms with Crippen LogP contribution in [0.15, 0.2) is 146 Å². The lowest BCUT2D eigenvalue weighted by Crippen LogP contribution is -2.14. The first-order valence-corrected chi connectivity index (χ1v) is 15.7. The van der Waals surface area contributed by atoms with Crippen molar-refractivity contribution in [1.82, 2.24) is 15.0 Å². The van der Waals surface area contributed by atoms with Gasteiger partial charge in [0.25, 0.3) is 0 Å². The zero-order valence-corrected chi connectivity index (χ0v) is 26.1. The van der Waals surface area contributed by atoms with Gasteiger partial charge >= 0.3 is 0 Å². The smallest absolute Gasteiger partial charge is 0.195 e. The van der Waals surface area contributed by atoms with E-state index in [2.05, 4.69) is 91.5 Å². The SMILES string of the molecule is [C-]#[N+]c1cccc2c1-c1cc(-c3cccc(-c4ccc(-c5nc(-c6ccccc6)nc(-c6ccccc6)n5)cc4)c3)ccc1C2(C)C. The quantitative estimate of drug-likeness (QED) is 0.184. The van der Waals surface area contributed by atoms with Crippen LogP contribution in [0.25, 0.3) is 72.4 Å². The Morgan fingerprint density at radius 3 is 1.51 bits per heavy atom. The van der Waals surface area contributed by atoms with Gasteiger partial charge in [-0.3, -0.25) is 0 Å². The Hall–Kier alpha value is -6.18. The van der Waals surface area contributed by atoms with E-state index in [9.17, 15) is 0 Å². The molecule has 0 unspecified atom stereocenters. The number of hydrogen-bond donors (Lipinski definition) is 0. The van der Waals surface area contributed by atoms with Crippen molar-refractivity contribution in [2.45, 2.75) is 19.3 Å². The lowest BCUT2D eigenvalue weighted by atomic mass is 9.82. The van der Waals surface area contributed by atoms with Crippen molar-refractivity contribution in [3.05, 3.63) is 168 Å². The number of nitrogens with zero attached hydrogens (tertiary/aromatic N) is 4. The fourth-order valence-corrected chi connectivity index (χ4v) is 6.69. The van der Waals surface area contributed by atoms with Crippen LogP contribution in [0.4, 0.5) is 5.69 Å². The van der Waals surface area contributed by atoms with Crippen molar-refractivity contribution >= 4 is 5.69 Å². The van der Waals surface area contributed by atoms with Gasteiger partial charge in [0.15, 0.2) is 23.2 Å². The molecule has 0 N–H and O–H groups in total. The average molecular weight is 603 g/mol. The third kappa shape index (κ3) is 4.99. The topological polar surface area (TPSA) is 43.0 Å². The maximum absolute atomic E-state index is 7.81. The number of hydrogen-bond acceptors (Lipinski definition) is 3. The third-order valence-electron chi connectivity index (χ3n) is 9.17. The molecule has 0 atom stereocenters. The molecule has 222 valence electrons. The Bertz CT molecular complexity index is 2260. The molecule has 1 aromatic heterocycles. The second kappa shape index (κ2) is 11.3. The van der Waals surface area contributed by atoms with Crippen molar-refractivity contribution in [3.63, 3.8) is 0 Å². The second-order valence-electron chi connectivity index (χ2n) is 12.4. The first kappa shape index (κ1) is 28.3. The van der Waals surface area contributed by atoms with Crippen molar-refractivity contribution < 1.29 is 0 Å². The molecule has 6 aromatic carbocycles. The van der Waals surface area contributed by atoms with Crippen molar-refractivity contribution in [3.8, 4) is 67.5 Å². The van der Waals surface area contributed by atoms with Crippen LogP contribution in [0, 0.1) is 6.57 Å². The molecule has 4 heteroatoms. The van der Waals surface area contributed by atoms with Gasteiger partial charge in [0.1, 0.15) is 0 Å². The van der Waals surface area contributed by atoms with E-state index in [0.29, 0.717) is 23.2 Å². The minimum absolute atomic E-state index is 0.143. The monoisotopic (exact) mass is 602 g/mol. The highest BCUT2D eigenvalue weighted by Crippen LogP contribution is 2.53. The number of fused-ring (bicyclic) bond motifs is 3. The highest BCUT2D eigenvalue weighted by atomic mass is 15.0. The first-order valence-electron chi connectivity index (χ1n) is 15.7. The van der Waals surface area contributed by atoms with Gasteiger partial charge in [-0.25, -0.2) is 19.8 Å². The zero-order chi connectivity index (χ0) is 32.0. The standard InChI is InChI=1S/C43H30N4/c1-43(2)36-25-24-34(27-35(36)39-37(43)18-11-19-38(39)44-3)33-17-10-16-32(26-33)28-20-22-31(23-21-28)42-46-40(29-12-6-4-7-13-29)45-41(47-42)30-14-8-5-9-15-30/h4-27H,1-2H3. The fraction of sp³-hybridized carbons (Fsp3) is 0.0698. The molecule has 1 aliphatic rings. The molecule has 0 aliphatic heterocycles. The van der Waals surface area contributed by atoms with E-state index in [1.807, 2.05) is 72.8 Å². The summed E-state index contributed by atoms with van der Waals surface area (Å²) < 4.78 is 0. The molecule has 8 rings (SSSR count). The van der Waals surface area contributed by atoms with E-state index in [1.54, 1.807) is 0 Å². The van der Waals surface area contributed by atoms with E-state index in [-0.39, 0.29) is 5.41 Å². The molecule has 7 aromatic rings. The first-order chi connectivity index (χ1) is 23.0. The Labute approximate surface area is 274 Å².